The smallest absolute Gasteiger partial charge is 0.0767 e. The summed E-state index contributed by atoms with van der Waals surface area (Å²) in [5.41, 5.74) is 8.70. The van der Waals surface area contributed by atoms with Crippen LogP contribution in [0.25, 0.3) is 10.9 Å². The molecule has 0 bridgehead atoms. The molecule has 4 heteroatoms. The lowest BCUT2D eigenvalue weighted by Crippen LogP contribution is -2.15. The van der Waals surface area contributed by atoms with Crippen molar-refractivity contribution in [3.63, 3.8) is 0 Å². The molecule has 3 rings (SSSR count). The van der Waals surface area contributed by atoms with E-state index in [1.165, 1.54) is 29.7 Å². The lowest BCUT2D eigenvalue weighted by Gasteiger charge is -2.21. The van der Waals surface area contributed by atoms with Gasteiger partial charge in [-0.1, -0.05) is 15.9 Å². The van der Waals surface area contributed by atoms with Gasteiger partial charge < -0.3 is 5.43 Å². The summed E-state index contributed by atoms with van der Waals surface area (Å²) in [4.78, 5) is 4.86. The quantitative estimate of drug-likeness (QED) is 0.626. The number of hydrogen-bond acceptors (Lipinski definition) is 3. The van der Waals surface area contributed by atoms with E-state index in [1.807, 2.05) is 0 Å². The van der Waals surface area contributed by atoms with E-state index in [-0.39, 0.29) is 0 Å². The molecular weight excluding hydrogens is 290 g/mol. The first-order chi connectivity index (χ1) is 8.72. The van der Waals surface area contributed by atoms with E-state index < -0.39 is 0 Å². The summed E-state index contributed by atoms with van der Waals surface area (Å²) in [7, 11) is 0. The highest BCUT2D eigenvalue weighted by atomic mass is 79.9. The van der Waals surface area contributed by atoms with Crippen LogP contribution in [0.5, 0.6) is 0 Å². The Morgan fingerprint density at radius 2 is 2.06 bits per heavy atom. The molecule has 0 unspecified atom stereocenters. The second-order valence-electron chi connectivity index (χ2n) is 4.83. The van der Waals surface area contributed by atoms with Crippen molar-refractivity contribution >= 4 is 32.5 Å². The summed E-state index contributed by atoms with van der Waals surface area (Å²) >= 11 is 3.57. The summed E-state index contributed by atoms with van der Waals surface area (Å²) in [6.45, 7) is 2.09. The molecule has 1 aliphatic carbocycles. The zero-order chi connectivity index (χ0) is 12.7. The molecule has 0 radical (unpaired) electrons. The second-order valence-corrected chi connectivity index (χ2v) is 5.69. The highest BCUT2D eigenvalue weighted by Crippen LogP contribution is 2.35. The number of hydrazine groups is 1. The zero-order valence-electron chi connectivity index (χ0n) is 10.4. The number of pyridine rings is 1. The number of hydrogen-bond donors (Lipinski definition) is 2. The van der Waals surface area contributed by atoms with Crippen molar-refractivity contribution in [1.29, 1.82) is 0 Å². The third-order valence-corrected chi connectivity index (χ3v) is 4.62. The van der Waals surface area contributed by atoms with Crippen LogP contribution in [0, 0.1) is 6.92 Å². The number of aryl methyl sites for hydroxylation is 2. The van der Waals surface area contributed by atoms with Gasteiger partial charge in [0.1, 0.15) is 0 Å². The third kappa shape index (κ3) is 1.71. The monoisotopic (exact) mass is 305 g/mol. The molecule has 0 fully saturated rings. The Balaban J connectivity index is 2.40. The minimum atomic E-state index is 1.05. The number of halogens is 1. The fourth-order valence-electron chi connectivity index (χ4n) is 2.77. The average Bonchev–Trinajstić information content (AvgIpc) is 2.41. The molecule has 0 saturated heterocycles. The molecule has 1 aromatic carbocycles. The molecule has 1 aliphatic rings. The van der Waals surface area contributed by atoms with Crippen LogP contribution >= 0.6 is 15.9 Å². The van der Waals surface area contributed by atoms with Crippen molar-refractivity contribution in [3.05, 3.63) is 33.4 Å². The van der Waals surface area contributed by atoms with E-state index in [4.69, 9.17) is 10.8 Å². The summed E-state index contributed by atoms with van der Waals surface area (Å²) in [6.07, 6.45) is 4.59. The molecule has 0 amide bonds. The van der Waals surface area contributed by atoms with E-state index in [0.29, 0.717) is 0 Å². The number of aromatic nitrogens is 1. The minimum absolute atomic E-state index is 1.05. The number of nitrogens with two attached hydrogens (primary N) is 1. The Labute approximate surface area is 115 Å². The summed E-state index contributed by atoms with van der Waals surface area (Å²) in [5, 5.41) is 1.12. The van der Waals surface area contributed by atoms with Gasteiger partial charge in [-0.3, -0.25) is 10.8 Å². The van der Waals surface area contributed by atoms with Gasteiger partial charge in [0.25, 0.3) is 0 Å². The van der Waals surface area contributed by atoms with E-state index in [9.17, 15) is 0 Å². The van der Waals surface area contributed by atoms with Gasteiger partial charge in [0, 0.05) is 15.6 Å². The van der Waals surface area contributed by atoms with E-state index in [2.05, 4.69) is 40.4 Å². The molecule has 18 heavy (non-hydrogen) atoms. The lowest BCUT2D eigenvalue weighted by atomic mass is 9.92. The van der Waals surface area contributed by atoms with E-state index in [1.54, 1.807) is 0 Å². The normalized spacial score (nSPS) is 14.6. The summed E-state index contributed by atoms with van der Waals surface area (Å²) < 4.78 is 1.10. The van der Waals surface area contributed by atoms with Crippen molar-refractivity contribution in [1.82, 2.24) is 4.98 Å². The van der Waals surface area contributed by atoms with Crippen molar-refractivity contribution in [2.45, 2.75) is 32.6 Å². The van der Waals surface area contributed by atoms with Crippen molar-refractivity contribution in [2.75, 3.05) is 5.43 Å². The van der Waals surface area contributed by atoms with Crippen LogP contribution in [0.1, 0.15) is 29.7 Å². The first kappa shape index (κ1) is 11.9. The molecule has 94 valence electrons. The standard InChI is InChI=1S/C14H16BrN3/c1-8-11(15)7-6-10-13(8)17-12-5-3-2-4-9(12)14(10)18-16/h6-7H,2-5,16H2,1H3,(H,17,18). The van der Waals surface area contributed by atoms with Gasteiger partial charge in [-0.2, -0.15) is 0 Å². The van der Waals surface area contributed by atoms with Gasteiger partial charge in [-0.05, 0) is 55.9 Å². The van der Waals surface area contributed by atoms with Gasteiger partial charge in [0.05, 0.1) is 11.2 Å². The molecule has 2 aromatic rings. The number of anilines is 1. The predicted molar refractivity (Wildman–Crippen MR) is 78.6 cm³/mol. The summed E-state index contributed by atoms with van der Waals surface area (Å²) in [5.74, 6) is 5.74. The molecule has 1 aromatic heterocycles. The second kappa shape index (κ2) is 4.52. The van der Waals surface area contributed by atoms with Crippen LogP contribution in [0.4, 0.5) is 5.69 Å². The van der Waals surface area contributed by atoms with Gasteiger partial charge in [0.2, 0.25) is 0 Å². The van der Waals surface area contributed by atoms with Crippen molar-refractivity contribution in [3.8, 4) is 0 Å². The maximum atomic E-state index is 5.74. The van der Waals surface area contributed by atoms with Crippen molar-refractivity contribution in [2.24, 2.45) is 5.84 Å². The molecule has 0 saturated carbocycles. The number of rotatable bonds is 1. The zero-order valence-corrected chi connectivity index (χ0v) is 12.0. The average molecular weight is 306 g/mol. The molecule has 0 spiro atoms. The number of nitrogens with zero attached hydrogens (tertiary/aromatic N) is 1. The van der Waals surface area contributed by atoms with Gasteiger partial charge in [-0.15, -0.1) is 0 Å². The van der Waals surface area contributed by atoms with E-state index in [0.717, 1.165) is 33.9 Å². The predicted octanol–water partition coefficient (Wildman–Crippen LogP) is 3.47. The Bertz CT molecular complexity index is 622. The van der Waals surface area contributed by atoms with Crippen LogP contribution in [0.15, 0.2) is 16.6 Å². The van der Waals surface area contributed by atoms with E-state index >= 15 is 0 Å². The largest absolute Gasteiger partial charge is 0.323 e. The summed E-state index contributed by atoms with van der Waals surface area (Å²) in [6, 6.07) is 4.15. The molecule has 1 heterocycles. The fraction of sp³-hybridized carbons (Fsp3) is 0.357. The van der Waals surface area contributed by atoms with Crippen LogP contribution in [-0.2, 0) is 12.8 Å². The number of nitrogens with one attached hydrogen (secondary N) is 1. The molecule has 3 N–H and O–H groups in total. The van der Waals surface area contributed by atoms with Crippen molar-refractivity contribution < 1.29 is 0 Å². The highest BCUT2D eigenvalue weighted by molar-refractivity contribution is 9.10. The molecule has 0 aliphatic heterocycles. The lowest BCUT2D eigenvalue weighted by molar-refractivity contribution is 0.672. The number of nitrogen functional groups attached to an aromatic ring is 1. The third-order valence-electron chi connectivity index (χ3n) is 3.77. The first-order valence-electron chi connectivity index (χ1n) is 6.29. The number of benzene rings is 1. The SMILES string of the molecule is Cc1c(Br)ccc2c(NN)c3c(nc12)CCCC3. The van der Waals surface area contributed by atoms with Crippen LogP contribution in [0.2, 0.25) is 0 Å². The maximum Gasteiger partial charge on any atom is 0.0767 e. The Morgan fingerprint density at radius 3 is 2.83 bits per heavy atom. The Kier molecular flexibility index (Phi) is 2.99. The fourth-order valence-corrected chi connectivity index (χ4v) is 3.09. The van der Waals surface area contributed by atoms with Crippen LogP contribution < -0.4 is 11.3 Å². The Hall–Kier alpha value is -1.13. The minimum Gasteiger partial charge on any atom is -0.323 e. The Morgan fingerprint density at radius 1 is 1.28 bits per heavy atom. The first-order valence-corrected chi connectivity index (χ1v) is 7.09. The molecule has 0 atom stereocenters. The highest BCUT2D eigenvalue weighted by Gasteiger charge is 2.18. The van der Waals surface area contributed by atoms with Crippen LogP contribution in [-0.4, -0.2) is 4.98 Å². The van der Waals surface area contributed by atoms with Crippen LogP contribution in [0.3, 0.4) is 0 Å². The maximum absolute atomic E-state index is 5.74. The topological polar surface area (TPSA) is 50.9 Å². The van der Waals surface area contributed by atoms with Gasteiger partial charge >= 0.3 is 0 Å². The van der Waals surface area contributed by atoms with Gasteiger partial charge in [-0.25, -0.2) is 0 Å². The van der Waals surface area contributed by atoms with Gasteiger partial charge in [0.15, 0.2) is 0 Å². The molecule has 3 nitrogen and oxygen atoms in total. The number of fused-ring (bicyclic) bond motifs is 2. The molecular formula is C14H16BrN3.